The van der Waals surface area contributed by atoms with Crippen LogP contribution in [0, 0.1) is 13.8 Å². The number of thiophene rings is 1. The standard InChI is InChI=1S/C19H17ClF2N4O5S/c1-5-31-18(29)14-9(3)13(17(28)30-4)16(32-14)24-15(27)10-7-12-23-8(2)6-11(19(20,21)22)26(12)25-10/h6-7H,5H2,1-4H3,(H,24,27). The summed E-state index contributed by atoms with van der Waals surface area (Å²) in [5, 5.41) is 2.63. The van der Waals surface area contributed by atoms with Gasteiger partial charge in [-0.25, -0.2) is 19.1 Å². The summed E-state index contributed by atoms with van der Waals surface area (Å²) in [6, 6.07) is 2.25. The summed E-state index contributed by atoms with van der Waals surface area (Å²) in [6.07, 6.45) is 0. The molecule has 0 bridgehead atoms. The molecule has 0 aliphatic carbocycles. The van der Waals surface area contributed by atoms with Crippen LogP contribution in [0.5, 0.6) is 0 Å². The highest BCUT2D eigenvalue weighted by Gasteiger charge is 2.33. The summed E-state index contributed by atoms with van der Waals surface area (Å²) < 4.78 is 38.0. The number of anilines is 1. The van der Waals surface area contributed by atoms with E-state index in [0.29, 0.717) is 0 Å². The van der Waals surface area contributed by atoms with Crippen molar-refractivity contribution in [3.8, 4) is 0 Å². The molecule has 0 radical (unpaired) electrons. The van der Waals surface area contributed by atoms with Crippen LogP contribution in [0.15, 0.2) is 12.1 Å². The molecule has 0 aliphatic heterocycles. The van der Waals surface area contributed by atoms with E-state index in [0.717, 1.165) is 29.0 Å². The lowest BCUT2D eigenvalue weighted by atomic mass is 10.1. The van der Waals surface area contributed by atoms with E-state index in [2.05, 4.69) is 15.4 Å². The Morgan fingerprint density at radius 1 is 1.25 bits per heavy atom. The Labute approximate surface area is 189 Å². The fourth-order valence-electron chi connectivity index (χ4n) is 2.92. The molecule has 0 saturated carbocycles. The number of hydrogen-bond donors (Lipinski definition) is 1. The lowest BCUT2D eigenvalue weighted by molar-refractivity contribution is 0.0531. The first-order valence-corrected chi connectivity index (χ1v) is 10.3. The van der Waals surface area contributed by atoms with Crippen LogP contribution in [0.25, 0.3) is 5.65 Å². The Bertz CT molecular complexity index is 1230. The molecule has 0 unspecified atom stereocenters. The van der Waals surface area contributed by atoms with Gasteiger partial charge in [-0.2, -0.15) is 13.9 Å². The van der Waals surface area contributed by atoms with Gasteiger partial charge < -0.3 is 14.8 Å². The van der Waals surface area contributed by atoms with E-state index in [4.69, 9.17) is 21.1 Å². The van der Waals surface area contributed by atoms with Crippen LogP contribution in [0.1, 0.15) is 54.4 Å². The molecular weight excluding hydrogens is 470 g/mol. The second-order valence-corrected chi connectivity index (χ2v) is 8.00. The predicted octanol–water partition coefficient (Wildman–Crippen LogP) is 3.91. The molecule has 0 aromatic carbocycles. The van der Waals surface area contributed by atoms with Crippen molar-refractivity contribution in [2.75, 3.05) is 19.0 Å². The zero-order chi connectivity index (χ0) is 23.8. The molecule has 3 aromatic rings. The molecular formula is C19H17ClF2N4O5S. The number of carbonyl (C=O) groups excluding carboxylic acids is 3. The van der Waals surface area contributed by atoms with Gasteiger partial charge in [0, 0.05) is 11.8 Å². The maximum absolute atomic E-state index is 13.8. The maximum Gasteiger partial charge on any atom is 0.364 e. The van der Waals surface area contributed by atoms with Crippen molar-refractivity contribution < 1.29 is 32.6 Å². The second-order valence-electron chi connectivity index (χ2n) is 6.51. The first-order chi connectivity index (χ1) is 15.0. The van der Waals surface area contributed by atoms with Crippen molar-refractivity contribution in [3.05, 3.63) is 45.2 Å². The Balaban J connectivity index is 2.03. The summed E-state index contributed by atoms with van der Waals surface area (Å²) in [7, 11) is 1.15. The normalized spacial score (nSPS) is 11.5. The average Bonchev–Trinajstić information content (AvgIpc) is 3.27. The molecule has 13 heteroatoms. The number of nitrogens with zero attached hydrogens (tertiary/aromatic N) is 3. The molecule has 9 nitrogen and oxygen atoms in total. The van der Waals surface area contributed by atoms with Crippen LogP contribution in [0.2, 0.25) is 0 Å². The molecule has 0 fully saturated rings. The number of ether oxygens (including phenoxy) is 2. The van der Waals surface area contributed by atoms with Crippen molar-refractivity contribution in [2.24, 2.45) is 0 Å². The maximum atomic E-state index is 13.8. The van der Waals surface area contributed by atoms with Gasteiger partial charge in [0.15, 0.2) is 11.3 Å². The summed E-state index contributed by atoms with van der Waals surface area (Å²) in [4.78, 5) is 41.4. The highest BCUT2D eigenvalue weighted by Crippen LogP contribution is 2.35. The van der Waals surface area contributed by atoms with Crippen LogP contribution < -0.4 is 5.32 Å². The highest BCUT2D eigenvalue weighted by molar-refractivity contribution is 7.18. The van der Waals surface area contributed by atoms with Crippen LogP contribution >= 0.6 is 22.9 Å². The van der Waals surface area contributed by atoms with Crippen molar-refractivity contribution in [1.29, 1.82) is 0 Å². The monoisotopic (exact) mass is 486 g/mol. The van der Waals surface area contributed by atoms with Crippen LogP contribution in [0.3, 0.4) is 0 Å². The number of halogens is 3. The SMILES string of the molecule is CCOC(=O)c1sc(NC(=O)c2cc3nc(C)cc(C(F)(F)Cl)n3n2)c(C(=O)OC)c1C. The molecule has 32 heavy (non-hydrogen) atoms. The molecule has 0 atom stereocenters. The number of nitrogens with one attached hydrogen (secondary N) is 1. The predicted molar refractivity (Wildman–Crippen MR) is 112 cm³/mol. The fraction of sp³-hybridized carbons (Fsp3) is 0.316. The molecule has 1 N–H and O–H groups in total. The third-order valence-electron chi connectivity index (χ3n) is 4.30. The molecule has 170 valence electrons. The molecule has 1 amide bonds. The number of methoxy groups -OCH3 is 1. The van der Waals surface area contributed by atoms with Crippen LogP contribution in [0.4, 0.5) is 13.8 Å². The van der Waals surface area contributed by atoms with E-state index >= 15 is 0 Å². The number of amides is 1. The largest absolute Gasteiger partial charge is 0.465 e. The van der Waals surface area contributed by atoms with E-state index < -0.39 is 28.9 Å². The van der Waals surface area contributed by atoms with E-state index in [1.165, 1.54) is 19.9 Å². The number of aromatic nitrogens is 3. The number of alkyl halides is 3. The summed E-state index contributed by atoms with van der Waals surface area (Å²) in [6.45, 7) is 4.75. The zero-order valence-electron chi connectivity index (χ0n) is 17.3. The van der Waals surface area contributed by atoms with Gasteiger partial charge in [0.25, 0.3) is 5.91 Å². The topological polar surface area (TPSA) is 112 Å². The number of esters is 2. The molecule has 0 saturated heterocycles. The van der Waals surface area contributed by atoms with E-state index in [1.807, 2.05) is 0 Å². The Morgan fingerprint density at radius 3 is 2.53 bits per heavy atom. The van der Waals surface area contributed by atoms with Crippen LogP contribution in [-0.4, -0.2) is 46.2 Å². The third-order valence-corrected chi connectivity index (χ3v) is 5.68. The summed E-state index contributed by atoms with van der Waals surface area (Å²) in [5.74, 6) is -2.26. The number of fused-ring (bicyclic) bond motifs is 1. The second kappa shape index (κ2) is 8.79. The minimum absolute atomic E-state index is 0.0199. The lowest BCUT2D eigenvalue weighted by Crippen LogP contribution is -2.16. The lowest BCUT2D eigenvalue weighted by Gasteiger charge is -2.10. The van der Waals surface area contributed by atoms with E-state index in [9.17, 15) is 23.2 Å². The molecule has 3 rings (SSSR count). The van der Waals surface area contributed by atoms with Gasteiger partial charge in [0.1, 0.15) is 15.6 Å². The minimum atomic E-state index is -3.75. The van der Waals surface area contributed by atoms with Gasteiger partial charge in [-0.05, 0) is 44.0 Å². The molecule has 0 aliphatic rings. The van der Waals surface area contributed by atoms with Gasteiger partial charge in [-0.15, -0.1) is 11.3 Å². The van der Waals surface area contributed by atoms with Crippen molar-refractivity contribution >= 4 is 51.4 Å². The third kappa shape index (κ3) is 4.41. The highest BCUT2D eigenvalue weighted by atomic mass is 35.5. The number of aryl methyl sites for hydroxylation is 1. The minimum Gasteiger partial charge on any atom is -0.465 e. The van der Waals surface area contributed by atoms with Crippen molar-refractivity contribution in [1.82, 2.24) is 14.6 Å². The Kier molecular flexibility index (Phi) is 6.46. The molecule has 3 heterocycles. The van der Waals surface area contributed by atoms with Gasteiger partial charge >= 0.3 is 17.3 Å². The number of hydrogen-bond acceptors (Lipinski definition) is 8. The fourth-order valence-corrected chi connectivity index (χ4v) is 4.14. The van der Waals surface area contributed by atoms with Gasteiger partial charge in [-0.1, -0.05) is 0 Å². The smallest absolute Gasteiger partial charge is 0.364 e. The van der Waals surface area contributed by atoms with E-state index in [1.54, 1.807) is 6.92 Å². The summed E-state index contributed by atoms with van der Waals surface area (Å²) in [5.41, 5.74) is -0.446. The first-order valence-electron chi connectivity index (χ1n) is 9.12. The van der Waals surface area contributed by atoms with E-state index in [-0.39, 0.29) is 44.6 Å². The van der Waals surface area contributed by atoms with Crippen molar-refractivity contribution in [2.45, 2.75) is 26.2 Å². The number of carbonyl (C=O) groups is 3. The Morgan fingerprint density at radius 2 is 1.94 bits per heavy atom. The first kappa shape index (κ1) is 23.5. The van der Waals surface area contributed by atoms with Gasteiger partial charge in [0.05, 0.1) is 19.3 Å². The zero-order valence-corrected chi connectivity index (χ0v) is 18.9. The van der Waals surface area contributed by atoms with Crippen molar-refractivity contribution in [3.63, 3.8) is 0 Å². The average molecular weight is 487 g/mol. The molecule has 3 aromatic heterocycles. The van der Waals surface area contributed by atoms with Gasteiger partial charge in [-0.3, -0.25) is 4.79 Å². The Hall–Kier alpha value is -3.12. The quantitative estimate of drug-likeness (QED) is 0.415. The van der Waals surface area contributed by atoms with Gasteiger partial charge in [0.2, 0.25) is 0 Å². The summed E-state index contributed by atoms with van der Waals surface area (Å²) >= 11 is 5.98. The molecule has 0 spiro atoms. The van der Waals surface area contributed by atoms with Crippen LogP contribution in [-0.2, 0) is 14.9 Å². The number of rotatable bonds is 6.